The zero-order chi connectivity index (χ0) is 14.7. The van der Waals surface area contributed by atoms with Gasteiger partial charge in [-0.1, -0.05) is 25.3 Å². The molecule has 0 saturated carbocycles. The van der Waals surface area contributed by atoms with Gasteiger partial charge in [-0.15, -0.1) is 0 Å². The summed E-state index contributed by atoms with van der Waals surface area (Å²) in [5.41, 5.74) is 1.19. The normalized spacial score (nSPS) is 11.8. The van der Waals surface area contributed by atoms with Gasteiger partial charge in [0.05, 0.1) is 0 Å². The van der Waals surface area contributed by atoms with Crippen LogP contribution in [0.15, 0.2) is 24.4 Å². The van der Waals surface area contributed by atoms with E-state index in [0.29, 0.717) is 0 Å². The lowest BCUT2D eigenvalue weighted by Crippen LogP contribution is -2.42. The summed E-state index contributed by atoms with van der Waals surface area (Å²) in [6, 6.07) is 7.00. The first-order chi connectivity index (χ1) is 9.76. The molecule has 20 heavy (non-hydrogen) atoms. The highest BCUT2D eigenvalue weighted by Gasteiger charge is 2.36. The average Bonchev–Trinajstić information content (AvgIpc) is 2.52. The Hall–Kier alpha value is -0.753. The topological polar surface area (TPSA) is 40.6 Å². The van der Waals surface area contributed by atoms with Crippen LogP contribution in [0.25, 0.3) is 0 Å². The molecule has 1 aromatic heterocycles. The number of hydrogen-bond acceptors (Lipinski definition) is 4. The Morgan fingerprint density at radius 1 is 0.900 bits per heavy atom. The lowest BCUT2D eigenvalue weighted by atomic mass is 10.1. The highest BCUT2D eigenvalue weighted by atomic mass is 28.4. The Morgan fingerprint density at radius 2 is 1.55 bits per heavy atom. The van der Waals surface area contributed by atoms with Crippen molar-refractivity contribution in [3.05, 3.63) is 30.1 Å². The second-order valence-electron chi connectivity index (χ2n) is 4.88. The molecule has 0 aliphatic carbocycles. The molecule has 0 amide bonds. The first kappa shape index (κ1) is 17.3. The molecular formula is C15H27NO3Si. The van der Waals surface area contributed by atoms with Gasteiger partial charge in [-0.25, -0.2) is 0 Å². The maximum Gasteiger partial charge on any atom is 0.500 e. The molecule has 0 aliphatic rings. The van der Waals surface area contributed by atoms with E-state index in [-0.39, 0.29) is 0 Å². The summed E-state index contributed by atoms with van der Waals surface area (Å²) in [5.74, 6) is 0. The fourth-order valence-electron chi connectivity index (χ4n) is 2.28. The van der Waals surface area contributed by atoms with Crippen molar-refractivity contribution in [3.63, 3.8) is 0 Å². The quantitative estimate of drug-likeness (QED) is 0.463. The maximum absolute atomic E-state index is 5.41. The SMILES string of the molecule is CO[Si](CCCCCCCc1ccccn1)(OC)OC. The highest BCUT2D eigenvalue weighted by Crippen LogP contribution is 2.18. The molecule has 0 spiro atoms. The summed E-state index contributed by atoms with van der Waals surface area (Å²) in [6.07, 6.45) is 8.94. The molecule has 0 aromatic carbocycles. The van der Waals surface area contributed by atoms with Gasteiger partial charge < -0.3 is 13.3 Å². The van der Waals surface area contributed by atoms with Crippen LogP contribution in [0.3, 0.4) is 0 Å². The third-order valence-electron chi connectivity index (χ3n) is 3.58. The Balaban J connectivity index is 2.05. The Morgan fingerprint density at radius 3 is 2.15 bits per heavy atom. The third-order valence-corrected chi connectivity index (χ3v) is 6.41. The highest BCUT2D eigenvalue weighted by molar-refractivity contribution is 6.60. The van der Waals surface area contributed by atoms with Crippen LogP contribution in [0, 0.1) is 0 Å². The van der Waals surface area contributed by atoms with E-state index in [2.05, 4.69) is 11.1 Å². The van der Waals surface area contributed by atoms with E-state index in [1.165, 1.54) is 31.4 Å². The van der Waals surface area contributed by atoms with Gasteiger partial charge >= 0.3 is 8.80 Å². The Kier molecular flexibility index (Phi) is 8.69. The Labute approximate surface area is 123 Å². The summed E-state index contributed by atoms with van der Waals surface area (Å²) >= 11 is 0. The van der Waals surface area contributed by atoms with Crippen LogP contribution in [-0.4, -0.2) is 35.1 Å². The number of aromatic nitrogens is 1. The molecule has 0 atom stereocenters. The van der Waals surface area contributed by atoms with Crippen LogP contribution >= 0.6 is 0 Å². The number of rotatable bonds is 11. The zero-order valence-corrected chi connectivity index (χ0v) is 13.9. The van der Waals surface area contributed by atoms with E-state index in [9.17, 15) is 0 Å². The molecule has 4 nitrogen and oxygen atoms in total. The summed E-state index contributed by atoms with van der Waals surface area (Å²) < 4.78 is 16.2. The summed E-state index contributed by atoms with van der Waals surface area (Å²) in [4.78, 5) is 4.33. The van der Waals surface area contributed by atoms with Crippen molar-refractivity contribution in [2.75, 3.05) is 21.3 Å². The third kappa shape index (κ3) is 6.13. The predicted molar refractivity (Wildman–Crippen MR) is 82.6 cm³/mol. The zero-order valence-electron chi connectivity index (χ0n) is 12.9. The van der Waals surface area contributed by atoms with Crippen molar-refractivity contribution in [1.29, 1.82) is 0 Å². The monoisotopic (exact) mass is 297 g/mol. The Bertz CT molecular complexity index is 336. The lowest BCUT2D eigenvalue weighted by Gasteiger charge is -2.24. The second kappa shape index (κ2) is 10.0. The van der Waals surface area contributed by atoms with Crippen molar-refractivity contribution in [2.24, 2.45) is 0 Å². The van der Waals surface area contributed by atoms with Crippen LogP contribution in [-0.2, 0) is 19.7 Å². The van der Waals surface area contributed by atoms with Gasteiger partial charge in [-0.2, -0.15) is 0 Å². The average molecular weight is 297 g/mol. The molecule has 0 fully saturated rings. The number of pyridine rings is 1. The van der Waals surface area contributed by atoms with Crippen LogP contribution in [0.4, 0.5) is 0 Å². The molecule has 0 N–H and O–H groups in total. The second-order valence-corrected chi connectivity index (χ2v) is 7.97. The number of hydrogen-bond donors (Lipinski definition) is 0. The minimum Gasteiger partial charge on any atom is -0.377 e. The van der Waals surface area contributed by atoms with Gasteiger partial charge in [0.2, 0.25) is 0 Å². The predicted octanol–water partition coefficient (Wildman–Crippen LogP) is 3.45. The van der Waals surface area contributed by atoms with E-state index in [1.807, 2.05) is 18.3 Å². The van der Waals surface area contributed by atoms with Crippen molar-refractivity contribution in [3.8, 4) is 0 Å². The van der Waals surface area contributed by atoms with E-state index in [0.717, 1.165) is 18.9 Å². The number of nitrogens with zero attached hydrogens (tertiary/aromatic N) is 1. The van der Waals surface area contributed by atoms with Gasteiger partial charge in [-0.05, 0) is 31.4 Å². The van der Waals surface area contributed by atoms with E-state index in [1.54, 1.807) is 21.3 Å². The van der Waals surface area contributed by atoms with Gasteiger partial charge in [0.1, 0.15) is 0 Å². The minimum atomic E-state index is -2.35. The molecule has 0 unspecified atom stereocenters. The van der Waals surface area contributed by atoms with E-state index in [4.69, 9.17) is 13.3 Å². The fourth-order valence-corrected chi connectivity index (χ4v) is 4.08. The molecule has 0 bridgehead atoms. The molecule has 0 aliphatic heterocycles. The molecule has 114 valence electrons. The van der Waals surface area contributed by atoms with E-state index < -0.39 is 8.80 Å². The van der Waals surface area contributed by atoms with Gasteiger partial charge in [0.15, 0.2) is 0 Å². The van der Waals surface area contributed by atoms with E-state index >= 15 is 0 Å². The number of aryl methyl sites for hydroxylation is 1. The molecule has 0 radical (unpaired) electrons. The maximum atomic E-state index is 5.41. The molecule has 1 aromatic rings. The summed E-state index contributed by atoms with van der Waals surface area (Å²) in [5, 5.41) is 0. The van der Waals surface area contributed by atoms with Crippen LogP contribution in [0.1, 0.15) is 37.8 Å². The molecule has 1 heterocycles. The molecule has 0 saturated heterocycles. The van der Waals surface area contributed by atoms with Crippen molar-refractivity contribution < 1.29 is 13.3 Å². The first-order valence-electron chi connectivity index (χ1n) is 7.31. The lowest BCUT2D eigenvalue weighted by molar-refractivity contribution is 0.122. The minimum absolute atomic E-state index is 0.900. The molecular weight excluding hydrogens is 270 g/mol. The van der Waals surface area contributed by atoms with Crippen LogP contribution in [0.5, 0.6) is 0 Å². The fraction of sp³-hybridized carbons (Fsp3) is 0.667. The molecule has 1 rings (SSSR count). The smallest absolute Gasteiger partial charge is 0.377 e. The molecule has 5 heteroatoms. The van der Waals surface area contributed by atoms with Crippen molar-refractivity contribution >= 4 is 8.80 Å². The van der Waals surface area contributed by atoms with Crippen molar-refractivity contribution in [2.45, 2.75) is 44.6 Å². The van der Waals surface area contributed by atoms with Gasteiger partial charge in [-0.3, -0.25) is 4.98 Å². The largest absolute Gasteiger partial charge is 0.500 e. The first-order valence-corrected chi connectivity index (χ1v) is 9.25. The summed E-state index contributed by atoms with van der Waals surface area (Å²) in [6.45, 7) is 0. The van der Waals surface area contributed by atoms with Gasteiger partial charge in [0, 0.05) is 39.3 Å². The van der Waals surface area contributed by atoms with Crippen molar-refractivity contribution in [1.82, 2.24) is 4.98 Å². The van der Waals surface area contributed by atoms with Gasteiger partial charge in [0.25, 0.3) is 0 Å². The van der Waals surface area contributed by atoms with Crippen LogP contribution in [0.2, 0.25) is 6.04 Å². The standard InChI is InChI=1S/C15H27NO3Si/c1-17-20(18-2,19-3)14-10-6-4-5-7-11-15-12-8-9-13-16-15/h8-9,12-13H,4-7,10-11,14H2,1-3H3. The summed E-state index contributed by atoms with van der Waals surface area (Å²) in [7, 11) is 2.67. The van der Waals surface area contributed by atoms with Crippen LogP contribution < -0.4 is 0 Å². The number of unbranched alkanes of at least 4 members (excludes halogenated alkanes) is 4.